The van der Waals surface area contributed by atoms with Crippen molar-refractivity contribution in [3.05, 3.63) is 35.9 Å². The summed E-state index contributed by atoms with van der Waals surface area (Å²) >= 11 is 5.53. The summed E-state index contributed by atoms with van der Waals surface area (Å²) in [5, 5.41) is 0. The van der Waals surface area contributed by atoms with Crippen LogP contribution in [0, 0.1) is 0 Å². The van der Waals surface area contributed by atoms with Crippen molar-refractivity contribution in [3.63, 3.8) is 0 Å². The number of methoxy groups -OCH3 is 1. The molecular weight excluding hydrogens is 288 g/mol. The van der Waals surface area contributed by atoms with Gasteiger partial charge in [0.15, 0.2) is 0 Å². The minimum Gasteiger partial charge on any atom is -0.388 e. The molecule has 4 aliphatic heterocycles. The van der Waals surface area contributed by atoms with Gasteiger partial charge in [0.25, 0.3) is 0 Å². The second kappa shape index (κ2) is 8.68. The molecule has 0 aliphatic carbocycles. The summed E-state index contributed by atoms with van der Waals surface area (Å²) in [5.74, 6) is 0.612. The number of hydrogen-bond acceptors (Lipinski definition) is 5. The van der Waals surface area contributed by atoms with E-state index < -0.39 is 0 Å². The Bertz CT molecular complexity index is 347. The lowest BCUT2D eigenvalue weighted by Gasteiger charge is -2.56. The molecule has 0 saturated carbocycles. The Hall–Kier alpha value is -0.690. The van der Waals surface area contributed by atoms with Crippen molar-refractivity contribution in [1.82, 2.24) is 19.6 Å². The van der Waals surface area contributed by atoms with Gasteiger partial charge < -0.3 is 4.74 Å². The second-order valence-corrected chi connectivity index (χ2v) is 5.83. The molecule has 0 N–H and O–H groups in total. The minimum absolute atomic E-state index is 0.612. The Morgan fingerprint density at radius 3 is 1.38 bits per heavy atom. The summed E-state index contributed by atoms with van der Waals surface area (Å²) in [6.07, 6.45) is 0. The van der Waals surface area contributed by atoms with Gasteiger partial charge in [0.05, 0.1) is 40.0 Å². The first-order valence-electron chi connectivity index (χ1n) is 7.14. The molecule has 4 heterocycles. The molecule has 4 fully saturated rings. The Morgan fingerprint density at radius 1 is 0.810 bits per heavy atom. The predicted molar refractivity (Wildman–Crippen MR) is 85.5 cm³/mol. The zero-order valence-electron chi connectivity index (χ0n) is 12.9. The smallest absolute Gasteiger partial charge is 0.0555 e. The topological polar surface area (TPSA) is 22.2 Å². The molecule has 0 unspecified atom stereocenters. The first kappa shape index (κ1) is 16.7. The Kier molecular flexibility index (Phi) is 6.89. The lowest BCUT2D eigenvalue weighted by atomic mass is 10.2. The molecule has 1 aromatic rings. The maximum Gasteiger partial charge on any atom is 0.0555 e. The molecule has 5 rings (SSSR count). The lowest BCUT2D eigenvalue weighted by Crippen LogP contribution is -2.71. The van der Waals surface area contributed by atoms with E-state index in [0.29, 0.717) is 5.88 Å². The number of nitrogens with zero attached hydrogens (tertiary/aromatic N) is 4. The summed E-state index contributed by atoms with van der Waals surface area (Å²) in [5.41, 5.74) is 1.18. The molecule has 0 radical (unpaired) electrons. The Morgan fingerprint density at radius 2 is 1.14 bits per heavy atom. The van der Waals surface area contributed by atoms with Crippen molar-refractivity contribution >= 4 is 11.6 Å². The van der Waals surface area contributed by atoms with Gasteiger partial charge in [0, 0.05) is 20.1 Å². The van der Waals surface area contributed by atoms with Gasteiger partial charge in [-0.25, -0.2) is 0 Å². The average Bonchev–Trinajstić information content (AvgIpc) is 2.48. The van der Waals surface area contributed by atoms with Gasteiger partial charge in [0.2, 0.25) is 0 Å². The van der Waals surface area contributed by atoms with Crippen LogP contribution in [0.4, 0.5) is 0 Å². The highest BCUT2D eigenvalue weighted by molar-refractivity contribution is 6.17. The van der Waals surface area contributed by atoms with E-state index in [9.17, 15) is 0 Å². The summed E-state index contributed by atoms with van der Waals surface area (Å²) in [7, 11) is 3.25. The number of ether oxygens (including phenoxy) is 1. The van der Waals surface area contributed by atoms with Gasteiger partial charge in [-0.3, -0.25) is 19.6 Å². The normalized spacial score (nSPS) is 31.8. The Labute approximate surface area is 132 Å². The maximum absolute atomic E-state index is 5.53. The Balaban J connectivity index is 0.000000133. The standard InChI is InChI=1S/C7H7Cl.C6H12N4.C2H6O/c8-6-7-4-2-1-3-5-7;1-7-2-9-4-8(1)5-10(3-7)6-9;1-3-2/h1-5H,6H2;1-6H2;1-2H3. The molecule has 4 aliphatic rings. The first-order chi connectivity index (χ1) is 10.2. The fourth-order valence-corrected chi connectivity index (χ4v) is 2.98. The van der Waals surface area contributed by atoms with E-state index in [4.69, 9.17) is 11.6 Å². The molecule has 1 aromatic carbocycles. The molecule has 0 aromatic heterocycles. The highest BCUT2D eigenvalue weighted by Gasteiger charge is 2.36. The zero-order chi connectivity index (χ0) is 15.1. The maximum atomic E-state index is 5.53. The van der Waals surface area contributed by atoms with Crippen LogP contribution in [0.15, 0.2) is 30.3 Å². The highest BCUT2D eigenvalue weighted by atomic mass is 35.5. The average molecular weight is 313 g/mol. The molecule has 0 spiro atoms. The van der Waals surface area contributed by atoms with Crippen LogP contribution < -0.4 is 0 Å². The molecular formula is C15H25ClN4O. The van der Waals surface area contributed by atoms with Gasteiger partial charge in [-0.15, -0.1) is 11.6 Å². The molecule has 118 valence electrons. The van der Waals surface area contributed by atoms with E-state index in [2.05, 4.69) is 24.3 Å². The summed E-state index contributed by atoms with van der Waals surface area (Å²) in [6.45, 7) is 7.12. The minimum atomic E-state index is 0.612. The molecule has 21 heavy (non-hydrogen) atoms. The molecule has 6 heteroatoms. The summed E-state index contributed by atoms with van der Waals surface area (Å²) < 4.78 is 4.25. The van der Waals surface area contributed by atoms with E-state index in [1.165, 1.54) is 45.6 Å². The highest BCUT2D eigenvalue weighted by Crippen LogP contribution is 2.20. The van der Waals surface area contributed by atoms with Crippen LogP contribution in [-0.2, 0) is 10.6 Å². The van der Waals surface area contributed by atoms with Gasteiger partial charge in [-0.2, -0.15) is 0 Å². The second-order valence-electron chi connectivity index (χ2n) is 5.56. The van der Waals surface area contributed by atoms with Gasteiger partial charge in [0.1, 0.15) is 0 Å². The van der Waals surface area contributed by atoms with Crippen LogP contribution in [0.25, 0.3) is 0 Å². The molecule has 0 amide bonds. The van der Waals surface area contributed by atoms with Crippen molar-refractivity contribution in [2.24, 2.45) is 0 Å². The van der Waals surface area contributed by atoms with Crippen molar-refractivity contribution in [2.45, 2.75) is 5.88 Å². The van der Waals surface area contributed by atoms with E-state index in [0.717, 1.165) is 0 Å². The van der Waals surface area contributed by atoms with Gasteiger partial charge in [-0.05, 0) is 5.56 Å². The van der Waals surface area contributed by atoms with E-state index >= 15 is 0 Å². The predicted octanol–water partition coefficient (Wildman–Crippen LogP) is 1.67. The number of hydrogen-bond donors (Lipinski definition) is 0. The SMILES string of the molecule is C1N2CN3CN1CN(C2)C3.COC.ClCc1ccccc1. The van der Waals surface area contributed by atoms with Crippen molar-refractivity contribution < 1.29 is 4.74 Å². The van der Waals surface area contributed by atoms with Gasteiger partial charge >= 0.3 is 0 Å². The van der Waals surface area contributed by atoms with Crippen molar-refractivity contribution in [3.8, 4) is 0 Å². The quantitative estimate of drug-likeness (QED) is 0.734. The third-order valence-electron chi connectivity index (χ3n) is 3.40. The lowest BCUT2D eigenvalue weighted by molar-refractivity contribution is -0.194. The molecule has 5 nitrogen and oxygen atoms in total. The van der Waals surface area contributed by atoms with Crippen LogP contribution in [0.2, 0.25) is 0 Å². The third-order valence-corrected chi connectivity index (χ3v) is 3.71. The van der Waals surface area contributed by atoms with Gasteiger partial charge in [-0.1, -0.05) is 30.3 Å². The molecule has 4 saturated heterocycles. The summed E-state index contributed by atoms with van der Waals surface area (Å²) in [4.78, 5) is 9.88. The summed E-state index contributed by atoms with van der Waals surface area (Å²) in [6, 6.07) is 9.96. The fourth-order valence-electron chi connectivity index (χ4n) is 2.80. The van der Waals surface area contributed by atoms with Crippen LogP contribution >= 0.6 is 11.6 Å². The third kappa shape index (κ3) is 5.21. The number of benzene rings is 1. The fraction of sp³-hybridized carbons (Fsp3) is 0.600. The molecule has 0 atom stereocenters. The van der Waals surface area contributed by atoms with Crippen LogP contribution in [0.3, 0.4) is 0 Å². The number of alkyl halides is 1. The van der Waals surface area contributed by atoms with Crippen LogP contribution in [0.5, 0.6) is 0 Å². The number of rotatable bonds is 1. The van der Waals surface area contributed by atoms with Crippen molar-refractivity contribution in [2.75, 3.05) is 54.2 Å². The van der Waals surface area contributed by atoms with Crippen LogP contribution in [-0.4, -0.2) is 73.8 Å². The van der Waals surface area contributed by atoms with E-state index in [1.54, 1.807) is 14.2 Å². The zero-order valence-corrected chi connectivity index (χ0v) is 13.7. The number of halogens is 1. The van der Waals surface area contributed by atoms with Crippen molar-refractivity contribution in [1.29, 1.82) is 0 Å². The largest absolute Gasteiger partial charge is 0.388 e. The first-order valence-corrected chi connectivity index (χ1v) is 7.68. The van der Waals surface area contributed by atoms with Crippen LogP contribution in [0.1, 0.15) is 5.56 Å². The molecule has 4 bridgehead atoms. The van der Waals surface area contributed by atoms with E-state index in [-0.39, 0.29) is 0 Å². The monoisotopic (exact) mass is 312 g/mol. The van der Waals surface area contributed by atoms with E-state index in [1.807, 2.05) is 30.3 Å².